The molecule has 4 heteroatoms. The minimum absolute atomic E-state index is 0.0586. The first-order chi connectivity index (χ1) is 9.10. The summed E-state index contributed by atoms with van der Waals surface area (Å²) in [6, 6.07) is 7.29. The van der Waals surface area contributed by atoms with E-state index < -0.39 is 0 Å². The molecule has 100 valence electrons. The van der Waals surface area contributed by atoms with Gasteiger partial charge in [-0.2, -0.15) is 0 Å². The Balaban J connectivity index is 2.25. The zero-order chi connectivity index (χ0) is 13.8. The third kappa shape index (κ3) is 3.61. The molecule has 0 fully saturated rings. The van der Waals surface area contributed by atoms with Crippen molar-refractivity contribution in [1.82, 2.24) is 10.3 Å². The van der Waals surface area contributed by atoms with Crippen molar-refractivity contribution in [3.63, 3.8) is 0 Å². The maximum absolute atomic E-state index is 14.0. The van der Waals surface area contributed by atoms with E-state index in [9.17, 15) is 4.39 Å². The fourth-order valence-corrected chi connectivity index (χ4v) is 2.50. The summed E-state index contributed by atoms with van der Waals surface area (Å²) in [5, 5.41) is 3.16. The van der Waals surface area contributed by atoms with E-state index in [4.69, 9.17) is 0 Å². The summed E-state index contributed by atoms with van der Waals surface area (Å²) in [7, 11) is 1.84. The Hall–Kier alpha value is -1.26. The Morgan fingerprint density at radius 3 is 2.74 bits per heavy atom. The van der Waals surface area contributed by atoms with Crippen LogP contribution in [0, 0.1) is 12.7 Å². The largest absolute Gasteiger partial charge is 0.313 e. The molecule has 0 bridgehead atoms. The molecule has 2 rings (SSSR count). The van der Waals surface area contributed by atoms with E-state index >= 15 is 0 Å². The molecule has 0 saturated carbocycles. The van der Waals surface area contributed by atoms with Crippen LogP contribution in [0.25, 0.3) is 0 Å². The molecule has 0 spiro atoms. The summed E-state index contributed by atoms with van der Waals surface area (Å²) < 4.78 is 14.9. The van der Waals surface area contributed by atoms with Gasteiger partial charge in [0, 0.05) is 28.5 Å². The summed E-state index contributed by atoms with van der Waals surface area (Å²) in [4.78, 5) is 4.13. The van der Waals surface area contributed by atoms with Gasteiger partial charge in [0.1, 0.15) is 5.82 Å². The highest BCUT2D eigenvalue weighted by molar-refractivity contribution is 9.10. The van der Waals surface area contributed by atoms with Gasteiger partial charge in [0.05, 0.1) is 0 Å². The van der Waals surface area contributed by atoms with Gasteiger partial charge in [-0.25, -0.2) is 4.39 Å². The lowest BCUT2D eigenvalue weighted by Gasteiger charge is -2.17. The van der Waals surface area contributed by atoms with E-state index in [1.54, 1.807) is 18.5 Å². The fourth-order valence-electron chi connectivity index (χ4n) is 2.09. The second-order valence-electron chi connectivity index (χ2n) is 4.58. The highest BCUT2D eigenvalue weighted by atomic mass is 79.9. The topological polar surface area (TPSA) is 24.9 Å². The Kier molecular flexibility index (Phi) is 4.66. The second-order valence-corrected chi connectivity index (χ2v) is 5.50. The normalized spacial score (nSPS) is 12.4. The van der Waals surface area contributed by atoms with Crippen LogP contribution < -0.4 is 5.32 Å². The summed E-state index contributed by atoms with van der Waals surface area (Å²) in [5.74, 6) is -0.165. The van der Waals surface area contributed by atoms with E-state index in [0.29, 0.717) is 12.0 Å². The minimum atomic E-state index is -0.165. The average Bonchev–Trinajstić information content (AvgIpc) is 2.37. The second kappa shape index (κ2) is 6.26. The number of pyridine rings is 1. The van der Waals surface area contributed by atoms with Crippen LogP contribution in [-0.2, 0) is 6.42 Å². The van der Waals surface area contributed by atoms with E-state index in [1.807, 2.05) is 32.2 Å². The molecule has 19 heavy (non-hydrogen) atoms. The maximum atomic E-state index is 14.0. The Labute approximate surface area is 121 Å². The Morgan fingerprint density at radius 2 is 2.11 bits per heavy atom. The van der Waals surface area contributed by atoms with Crippen molar-refractivity contribution < 1.29 is 4.39 Å². The van der Waals surface area contributed by atoms with Crippen molar-refractivity contribution in [3.8, 4) is 0 Å². The van der Waals surface area contributed by atoms with E-state index in [2.05, 4.69) is 26.2 Å². The van der Waals surface area contributed by atoms with Crippen molar-refractivity contribution in [1.29, 1.82) is 0 Å². The van der Waals surface area contributed by atoms with Gasteiger partial charge >= 0.3 is 0 Å². The number of likely N-dealkylation sites (N-methyl/N-ethyl adjacent to an activating group) is 1. The van der Waals surface area contributed by atoms with Gasteiger partial charge in [0.25, 0.3) is 0 Å². The van der Waals surface area contributed by atoms with Crippen molar-refractivity contribution in [2.24, 2.45) is 0 Å². The number of nitrogens with one attached hydrogen (secondary N) is 1. The predicted molar refractivity (Wildman–Crippen MR) is 78.6 cm³/mol. The molecule has 1 aromatic heterocycles. The van der Waals surface area contributed by atoms with Crippen LogP contribution in [0.15, 0.2) is 41.1 Å². The van der Waals surface area contributed by atoms with Crippen LogP contribution in [0.1, 0.15) is 22.7 Å². The highest BCUT2D eigenvalue weighted by Crippen LogP contribution is 2.22. The Morgan fingerprint density at radius 1 is 1.32 bits per heavy atom. The van der Waals surface area contributed by atoms with Crippen molar-refractivity contribution in [3.05, 3.63) is 63.6 Å². The van der Waals surface area contributed by atoms with Gasteiger partial charge in [-0.15, -0.1) is 0 Å². The third-order valence-corrected chi connectivity index (χ3v) is 3.51. The first kappa shape index (κ1) is 14.2. The molecule has 0 aliphatic heterocycles. The van der Waals surface area contributed by atoms with Crippen LogP contribution in [0.4, 0.5) is 4.39 Å². The van der Waals surface area contributed by atoms with E-state index in [1.165, 1.54) is 0 Å². The van der Waals surface area contributed by atoms with Crippen LogP contribution in [0.3, 0.4) is 0 Å². The van der Waals surface area contributed by atoms with Gasteiger partial charge in [-0.05, 0) is 59.6 Å². The number of rotatable bonds is 4. The van der Waals surface area contributed by atoms with Gasteiger partial charge < -0.3 is 5.32 Å². The highest BCUT2D eigenvalue weighted by Gasteiger charge is 2.14. The number of hydrogen-bond donors (Lipinski definition) is 1. The molecule has 1 unspecified atom stereocenters. The first-order valence-electron chi connectivity index (χ1n) is 6.13. The van der Waals surface area contributed by atoms with Gasteiger partial charge in [-0.1, -0.05) is 12.1 Å². The molecular weight excluding hydrogens is 307 g/mol. The minimum Gasteiger partial charge on any atom is -0.313 e. The van der Waals surface area contributed by atoms with E-state index in [0.717, 1.165) is 15.6 Å². The third-order valence-electron chi connectivity index (χ3n) is 3.08. The van der Waals surface area contributed by atoms with Gasteiger partial charge in [-0.3, -0.25) is 4.98 Å². The van der Waals surface area contributed by atoms with Gasteiger partial charge in [0.15, 0.2) is 0 Å². The van der Waals surface area contributed by atoms with Crippen LogP contribution in [0.2, 0.25) is 0 Å². The zero-order valence-corrected chi connectivity index (χ0v) is 12.5. The summed E-state index contributed by atoms with van der Waals surface area (Å²) in [5.41, 5.74) is 2.68. The summed E-state index contributed by atoms with van der Waals surface area (Å²) in [6.07, 6.45) is 4.24. The molecule has 0 radical (unpaired) electrons. The lowest BCUT2D eigenvalue weighted by molar-refractivity contribution is 0.533. The molecule has 1 aromatic carbocycles. The molecule has 1 N–H and O–H groups in total. The number of aryl methyl sites for hydroxylation is 1. The molecule has 1 heterocycles. The molecule has 0 aliphatic carbocycles. The number of benzene rings is 1. The molecule has 0 aliphatic rings. The molecular formula is C15H16BrFN2. The lowest BCUT2D eigenvalue weighted by atomic mass is 9.98. The smallest absolute Gasteiger partial charge is 0.128 e. The zero-order valence-electron chi connectivity index (χ0n) is 11.0. The van der Waals surface area contributed by atoms with Crippen molar-refractivity contribution in [2.75, 3.05) is 7.05 Å². The average molecular weight is 323 g/mol. The van der Waals surface area contributed by atoms with Crippen LogP contribution >= 0.6 is 15.9 Å². The molecule has 0 amide bonds. The Bertz CT molecular complexity index is 572. The monoisotopic (exact) mass is 322 g/mol. The maximum Gasteiger partial charge on any atom is 0.128 e. The predicted octanol–water partition coefficient (Wildman–Crippen LogP) is 3.79. The number of halogens is 2. The number of hydrogen-bond acceptors (Lipinski definition) is 2. The molecule has 1 atom stereocenters. The summed E-state index contributed by atoms with van der Waals surface area (Å²) in [6.45, 7) is 1.89. The van der Waals surface area contributed by atoms with Crippen LogP contribution in [0.5, 0.6) is 0 Å². The lowest BCUT2D eigenvalue weighted by Crippen LogP contribution is -2.20. The number of aromatic nitrogens is 1. The standard InChI is InChI=1S/C15H16BrFN2/c1-10-3-4-13(14(17)5-10)15(18-2)7-11-6-12(16)9-19-8-11/h3-6,8-9,15,18H,7H2,1-2H3. The summed E-state index contributed by atoms with van der Waals surface area (Å²) >= 11 is 3.40. The van der Waals surface area contributed by atoms with Gasteiger partial charge in [0.2, 0.25) is 0 Å². The number of nitrogens with zero attached hydrogens (tertiary/aromatic N) is 1. The first-order valence-corrected chi connectivity index (χ1v) is 6.92. The van der Waals surface area contributed by atoms with Crippen LogP contribution in [-0.4, -0.2) is 12.0 Å². The quantitative estimate of drug-likeness (QED) is 0.926. The van der Waals surface area contributed by atoms with E-state index in [-0.39, 0.29) is 11.9 Å². The van der Waals surface area contributed by atoms with Crippen molar-refractivity contribution in [2.45, 2.75) is 19.4 Å². The SMILES string of the molecule is CNC(Cc1cncc(Br)c1)c1ccc(C)cc1F. The fraction of sp³-hybridized carbons (Fsp3) is 0.267. The molecule has 2 nitrogen and oxygen atoms in total. The molecule has 0 saturated heterocycles. The van der Waals surface area contributed by atoms with Crippen molar-refractivity contribution >= 4 is 15.9 Å². The molecule has 2 aromatic rings.